The fraction of sp³-hybridized carbons (Fsp3) is 0.250. The molecule has 0 fully saturated rings. The predicted octanol–water partition coefficient (Wildman–Crippen LogP) is 4.44. The molecular formula is C28H27F2N3O4. The lowest BCUT2D eigenvalue weighted by atomic mass is 9.97. The monoisotopic (exact) mass is 507 g/mol. The van der Waals surface area contributed by atoms with Crippen molar-refractivity contribution >= 4 is 17.5 Å². The standard InChI is InChI=1S/C28H27F2N3O4/c1-36-16-15-32(28(35)21-7-3-5-9-23(21)30)18-27(34)33-25(22-8-4-6-10-26(22)37-2)17-24(31-33)19-11-13-20(29)14-12-19/h3-14,25H,15-18H2,1-2H3/t25-/m1/s1. The van der Waals surface area contributed by atoms with Crippen LogP contribution in [0.4, 0.5) is 8.78 Å². The Morgan fingerprint density at radius 2 is 1.70 bits per heavy atom. The van der Waals surface area contributed by atoms with E-state index in [2.05, 4.69) is 5.10 Å². The number of carbonyl (C=O) groups excluding carboxylic acids is 2. The summed E-state index contributed by atoms with van der Waals surface area (Å²) in [5, 5.41) is 5.91. The molecule has 37 heavy (non-hydrogen) atoms. The lowest BCUT2D eigenvalue weighted by Gasteiger charge is -2.27. The molecule has 0 aliphatic carbocycles. The SMILES string of the molecule is COCCN(CC(=O)N1N=C(c2ccc(F)cc2)C[C@@H]1c1ccccc1OC)C(=O)c1ccccc1F. The average molecular weight is 508 g/mol. The highest BCUT2D eigenvalue weighted by Crippen LogP contribution is 2.37. The zero-order valence-corrected chi connectivity index (χ0v) is 20.6. The van der Waals surface area contributed by atoms with Crippen molar-refractivity contribution in [2.75, 3.05) is 33.9 Å². The molecule has 0 N–H and O–H groups in total. The lowest BCUT2D eigenvalue weighted by molar-refractivity contribution is -0.133. The number of carbonyl (C=O) groups is 2. The van der Waals surface area contributed by atoms with E-state index in [0.717, 1.165) is 5.56 Å². The molecular weight excluding hydrogens is 480 g/mol. The van der Waals surface area contributed by atoms with E-state index >= 15 is 0 Å². The molecule has 1 aliphatic heterocycles. The second-order valence-corrected chi connectivity index (χ2v) is 8.45. The number of halogens is 2. The van der Waals surface area contributed by atoms with Crippen LogP contribution >= 0.6 is 0 Å². The average Bonchev–Trinajstić information content (AvgIpc) is 3.36. The number of para-hydroxylation sites is 1. The maximum atomic E-state index is 14.4. The van der Waals surface area contributed by atoms with Crippen molar-refractivity contribution in [1.82, 2.24) is 9.91 Å². The Balaban J connectivity index is 1.67. The van der Waals surface area contributed by atoms with Crippen LogP contribution in [-0.2, 0) is 9.53 Å². The molecule has 1 atom stereocenters. The van der Waals surface area contributed by atoms with E-state index in [0.29, 0.717) is 23.4 Å². The Labute approximate surface area is 213 Å². The summed E-state index contributed by atoms with van der Waals surface area (Å²) in [5.74, 6) is -1.56. The first kappa shape index (κ1) is 26.0. The summed E-state index contributed by atoms with van der Waals surface area (Å²) in [6.07, 6.45) is 0.358. The molecule has 3 aromatic rings. The van der Waals surface area contributed by atoms with E-state index in [1.54, 1.807) is 31.4 Å². The highest BCUT2D eigenvalue weighted by atomic mass is 19.1. The van der Waals surface area contributed by atoms with Gasteiger partial charge in [0.1, 0.15) is 23.9 Å². The Kier molecular flexibility index (Phi) is 8.25. The zero-order valence-electron chi connectivity index (χ0n) is 20.6. The topological polar surface area (TPSA) is 71.4 Å². The second kappa shape index (κ2) is 11.7. The van der Waals surface area contributed by atoms with Gasteiger partial charge in [0.15, 0.2) is 0 Å². The van der Waals surface area contributed by atoms with Crippen molar-refractivity contribution in [3.05, 3.63) is 101 Å². The summed E-state index contributed by atoms with van der Waals surface area (Å²) >= 11 is 0. The first-order chi connectivity index (χ1) is 17.9. The van der Waals surface area contributed by atoms with Crippen LogP contribution in [0.1, 0.15) is 33.9 Å². The van der Waals surface area contributed by atoms with Gasteiger partial charge in [0, 0.05) is 25.6 Å². The molecule has 1 heterocycles. The van der Waals surface area contributed by atoms with Crippen molar-refractivity contribution < 1.29 is 27.8 Å². The van der Waals surface area contributed by atoms with E-state index in [4.69, 9.17) is 9.47 Å². The van der Waals surface area contributed by atoms with Gasteiger partial charge in [-0.3, -0.25) is 9.59 Å². The van der Waals surface area contributed by atoms with Gasteiger partial charge in [-0.15, -0.1) is 0 Å². The van der Waals surface area contributed by atoms with Gasteiger partial charge in [-0.05, 0) is 35.9 Å². The minimum Gasteiger partial charge on any atom is -0.496 e. The summed E-state index contributed by atoms with van der Waals surface area (Å²) in [6, 6.07) is 18.3. The predicted molar refractivity (Wildman–Crippen MR) is 134 cm³/mol. The van der Waals surface area contributed by atoms with Gasteiger partial charge in [0.2, 0.25) is 0 Å². The fourth-order valence-electron chi connectivity index (χ4n) is 4.24. The van der Waals surface area contributed by atoms with Gasteiger partial charge in [0.05, 0.1) is 31.0 Å². The minimum atomic E-state index is -0.674. The van der Waals surface area contributed by atoms with Gasteiger partial charge in [-0.2, -0.15) is 5.10 Å². The molecule has 3 aromatic carbocycles. The quantitative estimate of drug-likeness (QED) is 0.429. The highest BCUT2D eigenvalue weighted by molar-refractivity contribution is 6.03. The van der Waals surface area contributed by atoms with Gasteiger partial charge >= 0.3 is 0 Å². The Morgan fingerprint density at radius 3 is 2.41 bits per heavy atom. The Hall–Kier alpha value is -4.11. The molecule has 2 amide bonds. The largest absolute Gasteiger partial charge is 0.496 e. The third-order valence-corrected chi connectivity index (χ3v) is 6.12. The van der Waals surface area contributed by atoms with Crippen molar-refractivity contribution in [1.29, 1.82) is 0 Å². The normalized spacial score (nSPS) is 14.9. The summed E-state index contributed by atoms with van der Waals surface area (Å²) < 4.78 is 38.5. The molecule has 1 aliphatic rings. The van der Waals surface area contributed by atoms with Crippen LogP contribution in [0, 0.1) is 11.6 Å². The van der Waals surface area contributed by atoms with E-state index in [9.17, 15) is 18.4 Å². The summed E-state index contributed by atoms with van der Waals surface area (Å²) in [6.45, 7) is -0.104. The smallest absolute Gasteiger partial charge is 0.262 e. The van der Waals surface area contributed by atoms with E-state index < -0.39 is 23.7 Å². The third-order valence-electron chi connectivity index (χ3n) is 6.12. The third kappa shape index (κ3) is 5.83. The Morgan fingerprint density at radius 1 is 1.00 bits per heavy atom. The molecule has 0 bridgehead atoms. The number of benzene rings is 3. The maximum absolute atomic E-state index is 14.4. The maximum Gasteiger partial charge on any atom is 0.262 e. The number of hydrogen-bond acceptors (Lipinski definition) is 5. The molecule has 0 saturated heterocycles. The van der Waals surface area contributed by atoms with Gasteiger partial charge in [-0.1, -0.05) is 42.5 Å². The van der Waals surface area contributed by atoms with Crippen molar-refractivity contribution in [2.45, 2.75) is 12.5 Å². The molecule has 0 saturated carbocycles. The van der Waals surface area contributed by atoms with Crippen LogP contribution in [0.15, 0.2) is 77.9 Å². The van der Waals surface area contributed by atoms with Crippen LogP contribution in [0.3, 0.4) is 0 Å². The van der Waals surface area contributed by atoms with Gasteiger partial charge in [-0.25, -0.2) is 13.8 Å². The van der Waals surface area contributed by atoms with Crippen molar-refractivity contribution in [3.63, 3.8) is 0 Å². The summed E-state index contributed by atoms with van der Waals surface area (Å²) in [4.78, 5) is 28.0. The van der Waals surface area contributed by atoms with Crippen LogP contribution in [0.2, 0.25) is 0 Å². The lowest BCUT2D eigenvalue weighted by Crippen LogP contribution is -2.43. The van der Waals surface area contributed by atoms with Gasteiger partial charge < -0.3 is 14.4 Å². The summed E-state index contributed by atoms with van der Waals surface area (Å²) in [5.41, 5.74) is 1.87. The van der Waals surface area contributed by atoms with E-state index in [1.165, 1.54) is 47.4 Å². The van der Waals surface area contributed by atoms with Gasteiger partial charge in [0.25, 0.3) is 11.8 Å². The van der Waals surface area contributed by atoms with E-state index in [-0.39, 0.29) is 31.1 Å². The Bertz CT molecular complexity index is 1300. The molecule has 0 unspecified atom stereocenters. The second-order valence-electron chi connectivity index (χ2n) is 8.45. The number of nitrogens with zero attached hydrogens (tertiary/aromatic N) is 3. The highest BCUT2D eigenvalue weighted by Gasteiger charge is 2.36. The molecule has 192 valence electrons. The van der Waals surface area contributed by atoms with Crippen molar-refractivity contribution in [2.24, 2.45) is 5.10 Å². The van der Waals surface area contributed by atoms with Crippen LogP contribution in [-0.4, -0.2) is 61.4 Å². The molecule has 0 radical (unpaired) electrons. The molecule has 7 nitrogen and oxygen atoms in total. The number of amides is 2. The first-order valence-electron chi connectivity index (χ1n) is 11.7. The minimum absolute atomic E-state index is 0.0805. The number of hydrogen-bond donors (Lipinski definition) is 0. The molecule has 9 heteroatoms. The summed E-state index contributed by atoms with van der Waals surface area (Å²) in [7, 11) is 3.02. The number of rotatable bonds is 9. The number of methoxy groups -OCH3 is 2. The van der Waals surface area contributed by atoms with Crippen LogP contribution in [0.5, 0.6) is 5.75 Å². The van der Waals surface area contributed by atoms with Crippen molar-refractivity contribution in [3.8, 4) is 5.75 Å². The van der Waals surface area contributed by atoms with Crippen LogP contribution < -0.4 is 4.74 Å². The van der Waals surface area contributed by atoms with Crippen LogP contribution in [0.25, 0.3) is 0 Å². The molecule has 4 rings (SSSR count). The fourth-order valence-corrected chi connectivity index (χ4v) is 4.24. The van der Waals surface area contributed by atoms with E-state index in [1.807, 2.05) is 18.2 Å². The number of ether oxygens (including phenoxy) is 2. The molecule has 0 spiro atoms. The first-order valence-corrected chi connectivity index (χ1v) is 11.7. The number of hydrazone groups is 1. The zero-order chi connectivity index (χ0) is 26.4. The molecule has 0 aromatic heterocycles.